The van der Waals surface area contributed by atoms with Crippen molar-refractivity contribution < 1.29 is 14.5 Å². The van der Waals surface area contributed by atoms with Gasteiger partial charge in [-0.15, -0.1) is 0 Å². The monoisotopic (exact) mass is 299 g/mol. The van der Waals surface area contributed by atoms with Crippen LogP contribution in [0.1, 0.15) is 5.56 Å². The Kier molecular flexibility index (Phi) is 5.20. The highest BCUT2D eigenvalue weighted by Crippen LogP contribution is 2.10. The second-order valence-corrected chi connectivity index (χ2v) is 4.24. The number of nitro benzene ring substituents is 1. The smallest absolute Gasteiger partial charge is 0.277 e. The molecule has 7 nitrogen and oxygen atoms in total. The number of amides is 1. The molecular formula is C15H13N3O4. The van der Waals surface area contributed by atoms with Gasteiger partial charge in [-0.2, -0.15) is 5.10 Å². The van der Waals surface area contributed by atoms with E-state index >= 15 is 0 Å². The highest BCUT2D eigenvalue weighted by molar-refractivity contribution is 5.83. The van der Waals surface area contributed by atoms with E-state index in [1.54, 1.807) is 24.3 Å². The molecule has 2 aromatic carbocycles. The van der Waals surface area contributed by atoms with Crippen LogP contribution >= 0.6 is 0 Å². The summed E-state index contributed by atoms with van der Waals surface area (Å²) in [5, 5.41) is 14.3. The predicted molar refractivity (Wildman–Crippen MR) is 80.8 cm³/mol. The molecule has 0 fully saturated rings. The summed E-state index contributed by atoms with van der Waals surface area (Å²) in [5.41, 5.74) is 2.94. The number of benzene rings is 2. The van der Waals surface area contributed by atoms with Gasteiger partial charge in [-0.25, -0.2) is 5.43 Å². The number of carbonyl (C=O) groups excluding carboxylic acids is 1. The second-order valence-electron chi connectivity index (χ2n) is 4.24. The number of nitrogens with one attached hydrogen (secondary N) is 1. The molecule has 0 saturated heterocycles. The molecule has 2 aromatic rings. The first-order valence-corrected chi connectivity index (χ1v) is 6.39. The van der Waals surface area contributed by atoms with Crippen LogP contribution in [0.15, 0.2) is 59.7 Å². The molecule has 0 spiro atoms. The molecule has 1 amide bonds. The Morgan fingerprint density at radius 3 is 2.50 bits per heavy atom. The normalized spacial score (nSPS) is 10.4. The average molecular weight is 299 g/mol. The molecule has 0 atom stereocenters. The number of hydrogen-bond acceptors (Lipinski definition) is 5. The van der Waals surface area contributed by atoms with Crippen molar-refractivity contribution in [3.63, 3.8) is 0 Å². The number of rotatable bonds is 6. The first-order valence-electron chi connectivity index (χ1n) is 6.39. The SMILES string of the molecule is O=C(COc1ccccc1)N/N=C/c1ccc([N+](=O)[O-])cc1. The minimum absolute atomic E-state index is 0.00236. The van der Waals surface area contributed by atoms with Crippen LogP contribution in [0.3, 0.4) is 0 Å². The van der Waals surface area contributed by atoms with E-state index in [4.69, 9.17) is 4.74 Å². The number of para-hydroxylation sites is 1. The van der Waals surface area contributed by atoms with Crippen LogP contribution in [0.5, 0.6) is 5.75 Å². The van der Waals surface area contributed by atoms with Gasteiger partial charge in [0.1, 0.15) is 5.75 Å². The Labute approximate surface area is 126 Å². The molecule has 0 aliphatic rings. The number of ether oxygens (including phenoxy) is 1. The maximum atomic E-state index is 11.5. The molecule has 0 aromatic heterocycles. The Morgan fingerprint density at radius 1 is 1.18 bits per heavy atom. The minimum atomic E-state index is -0.483. The number of nitrogens with zero attached hydrogens (tertiary/aromatic N) is 2. The van der Waals surface area contributed by atoms with E-state index in [1.165, 1.54) is 30.5 Å². The fourth-order valence-electron chi connectivity index (χ4n) is 1.56. The Hall–Kier alpha value is -3.22. The van der Waals surface area contributed by atoms with Crippen LogP contribution < -0.4 is 10.2 Å². The van der Waals surface area contributed by atoms with Crippen molar-refractivity contribution >= 4 is 17.8 Å². The van der Waals surface area contributed by atoms with Crippen LogP contribution in [0.2, 0.25) is 0 Å². The summed E-state index contributed by atoms with van der Waals surface area (Å²) in [7, 11) is 0. The molecule has 0 radical (unpaired) electrons. The molecule has 112 valence electrons. The predicted octanol–water partition coefficient (Wildman–Crippen LogP) is 2.12. The van der Waals surface area contributed by atoms with E-state index in [1.807, 2.05) is 6.07 Å². The molecule has 0 aliphatic carbocycles. The molecule has 7 heteroatoms. The van der Waals surface area contributed by atoms with Crippen molar-refractivity contribution in [2.24, 2.45) is 5.10 Å². The van der Waals surface area contributed by atoms with Crippen molar-refractivity contribution in [3.05, 3.63) is 70.3 Å². The number of hydrazone groups is 1. The van der Waals surface area contributed by atoms with Gasteiger partial charge in [0.05, 0.1) is 11.1 Å². The van der Waals surface area contributed by atoms with Gasteiger partial charge in [0.2, 0.25) is 0 Å². The third kappa shape index (κ3) is 4.71. The zero-order valence-corrected chi connectivity index (χ0v) is 11.5. The second kappa shape index (κ2) is 7.53. The third-order valence-corrected chi connectivity index (χ3v) is 2.62. The summed E-state index contributed by atoms with van der Waals surface area (Å²) in [6.07, 6.45) is 1.39. The van der Waals surface area contributed by atoms with Gasteiger partial charge in [-0.3, -0.25) is 14.9 Å². The highest BCUT2D eigenvalue weighted by atomic mass is 16.6. The Bertz CT molecular complexity index is 669. The van der Waals surface area contributed by atoms with Gasteiger partial charge in [-0.05, 0) is 29.8 Å². The fourth-order valence-corrected chi connectivity index (χ4v) is 1.56. The van der Waals surface area contributed by atoms with E-state index in [0.717, 1.165) is 0 Å². The van der Waals surface area contributed by atoms with Crippen molar-refractivity contribution in [1.29, 1.82) is 0 Å². The zero-order chi connectivity index (χ0) is 15.8. The first-order chi connectivity index (χ1) is 10.6. The number of non-ortho nitro benzene ring substituents is 1. The highest BCUT2D eigenvalue weighted by Gasteiger charge is 2.03. The van der Waals surface area contributed by atoms with Crippen molar-refractivity contribution in [3.8, 4) is 5.75 Å². The van der Waals surface area contributed by atoms with E-state index in [-0.39, 0.29) is 12.3 Å². The van der Waals surface area contributed by atoms with Crippen molar-refractivity contribution in [2.75, 3.05) is 6.61 Å². The Balaban J connectivity index is 1.79. The van der Waals surface area contributed by atoms with Crippen LogP contribution in [0, 0.1) is 10.1 Å². The maximum absolute atomic E-state index is 11.5. The van der Waals surface area contributed by atoms with Gasteiger partial charge in [0.15, 0.2) is 6.61 Å². The van der Waals surface area contributed by atoms with Gasteiger partial charge < -0.3 is 4.74 Å². The van der Waals surface area contributed by atoms with Gasteiger partial charge in [0.25, 0.3) is 11.6 Å². The maximum Gasteiger partial charge on any atom is 0.277 e. The number of nitro groups is 1. The van der Waals surface area contributed by atoms with Crippen LogP contribution in [0.4, 0.5) is 5.69 Å². The Morgan fingerprint density at radius 2 is 1.86 bits per heavy atom. The summed E-state index contributed by atoms with van der Waals surface area (Å²) in [5.74, 6) is 0.194. The molecule has 0 saturated carbocycles. The lowest BCUT2D eigenvalue weighted by molar-refractivity contribution is -0.384. The lowest BCUT2D eigenvalue weighted by Crippen LogP contribution is -2.24. The number of hydrogen-bond donors (Lipinski definition) is 1. The van der Waals surface area contributed by atoms with Gasteiger partial charge in [-0.1, -0.05) is 18.2 Å². The lowest BCUT2D eigenvalue weighted by atomic mass is 10.2. The molecule has 1 N–H and O–H groups in total. The van der Waals surface area contributed by atoms with E-state index < -0.39 is 10.8 Å². The standard InChI is InChI=1S/C15H13N3O4/c19-15(11-22-14-4-2-1-3-5-14)17-16-10-12-6-8-13(9-7-12)18(20)21/h1-10H,11H2,(H,17,19)/b16-10+. The first kappa shape index (κ1) is 15.2. The van der Waals surface area contributed by atoms with E-state index in [2.05, 4.69) is 10.5 Å². The summed E-state index contributed by atoms with van der Waals surface area (Å²) in [6, 6.07) is 14.7. The third-order valence-electron chi connectivity index (χ3n) is 2.62. The zero-order valence-electron chi connectivity index (χ0n) is 11.5. The van der Waals surface area contributed by atoms with Crippen LogP contribution in [0.25, 0.3) is 0 Å². The summed E-state index contributed by atoms with van der Waals surface area (Å²) >= 11 is 0. The average Bonchev–Trinajstić information content (AvgIpc) is 2.54. The van der Waals surface area contributed by atoms with Crippen LogP contribution in [-0.2, 0) is 4.79 Å². The van der Waals surface area contributed by atoms with E-state index in [9.17, 15) is 14.9 Å². The van der Waals surface area contributed by atoms with Crippen molar-refractivity contribution in [2.45, 2.75) is 0 Å². The summed E-state index contributed by atoms with van der Waals surface area (Å²) in [6.45, 7) is -0.151. The van der Waals surface area contributed by atoms with Crippen molar-refractivity contribution in [1.82, 2.24) is 5.43 Å². The quantitative estimate of drug-likeness (QED) is 0.502. The fraction of sp³-hybridized carbons (Fsp3) is 0.0667. The van der Waals surface area contributed by atoms with E-state index in [0.29, 0.717) is 11.3 Å². The molecule has 0 aliphatic heterocycles. The van der Waals surface area contributed by atoms with Gasteiger partial charge in [0, 0.05) is 12.1 Å². The topological polar surface area (TPSA) is 93.8 Å². The summed E-state index contributed by atoms with van der Waals surface area (Å²) < 4.78 is 5.25. The van der Waals surface area contributed by atoms with Crippen LogP contribution in [-0.4, -0.2) is 23.7 Å². The molecule has 2 rings (SSSR count). The van der Waals surface area contributed by atoms with Gasteiger partial charge >= 0.3 is 0 Å². The molecule has 0 heterocycles. The lowest BCUT2D eigenvalue weighted by Gasteiger charge is -2.04. The molecular weight excluding hydrogens is 286 g/mol. The largest absolute Gasteiger partial charge is 0.484 e. The summed E-state index contributed by atoms with van der Waals surface area (Å²) in [4.78, 5) is 21.5. The molecule has 22 heavy (non-hydrogen) atoms. The molecule has 0 bridgehead atoms. The number of carbonyl (C=O) groups is 1. The minimum Gasteiger partial charge on any atom is -0.484 e. The molecule has 0 unspecified atom stereocenters.